The average molecular weight is 291 g/mol. The first-order valence-electron chi connectivity index (χ1n) is 6.00. The van der Waals surface area contributed by atoms with Crippen molar-refractivity contribution in [3.8, 4) is 0 Å². The van der Waals surface area contributed by atoms with Crippen molar-refractivity contribution >= 4 is 30.4 Å². The highest BCUT2D eigenvalue weighted by molar-refractivity contribution is 7.80. The fourth-order valence-electron chi connectivity index (χ4n) is 1.38. The van der Waals surface area contributed by atoms with E-state index < -0.39 is 29.9 Å². The summed E-state index contributed by atoms with van der Waals surface area (Å²) in [6.45, 7) is 3.43. The van der Waals surface area contributed by atoms with E-state index in [2.05, 4.69) is 23.3 Å². The molecule has 19 heavy (non-hydrogen) atoms. The molecular formula is C11H21N3O4S. The third-order valence-electron chi connectivity index (χ3n) is 2.79. The number of rotatable bonds is 8. The maximum absolute atomic E-state index is 12.0. The minimum Gasteiger partial charge on any atom is -0.480 e. The zero-order valence-corrected chi connectivity index (χ0v) is 11.9. The lowest BCUT2D eigenvalue weighted by atomic mass is 9.98. The molecule has 0 aromatic heterocycles. The standard InChI is InChI=1S/C11H21N3O4S/c1-3-6(2)9(14-8(15)4-12)10(16)13-7(5-19)11(17)18/h6-7,9,19H,3-5,12H2,1-2H3,(H,13,16)(H,14,15)(H,17,18). The molecular weight excluding hydrogens is 270 g/mol. The number of nitrogens with one attached hydrogen (secondary N) is 2. The van der Waals surface area contributed by atoms with Crippen LogP contribution in [0.1, 0.15) is 20.3 Å². The number of carbonyl (C=O) groups is 3. The Hall–Kier alpha value is -1.28. The number of hydrogen-bond donors (Lipinski definition) is 5. The molecule has 0 spiro atoms. The van der Waals surface area contributed by atoms with Crippen molar-refractivity contribution in [3.63, 3.8) is 0 Å². The van der Waals surface area contributed by atoms with Gasteiger partial charge in [-0.15, -0.1) is 0 Å². The van der Waals surface area contributed by atoms with Crippen LogP contribution in [-0.4, -0.2) is 47.3 Å². The third-order valence-corrected chi connectivity index (χ3v) is 3.16. The van der Waals surface area contributed by atoms with Gasteiger partial charge in [-0.05, 0) is 5.92 Å². The topological polar surface area (TPSA) is 122 Å². The van der Waals surface area contributed by atoms with Gasteiger partial charge in [-0.1, -0.05) is 20.3 Å². The van der Waals surface area contributed by atoms with Crippen molar-refractivity contribution in [1.29, 1.82) is 0 Å². The van der Waals surface area contributed by atoms with E-state index in [9.17, 15) is 14.4 Å². The molecule has 3 unspecified atom stereocenters. The van der Waals surface area contributed by atoms with E-state index in [1.54, 1.807) is 6.92 Å². The number of carboxylic acid groups (broad SMARTS) is 1. The van der Waals surface area contributed by atoms with Gasteiger partial charge < -0.3 is 21.5 Å². The third kappa shape index (κ3) is 5.93. The largest absolute Gasteiger partial charge is 0.480 e. The summed E-state index contributed by atoms with van der Waals surface area (Å²) in [7, 11) is 0. The number of aliphatic carboxylic acids is 1. The number of amides is 2. The predicted octanol–water partition coefficient (Wildman–Crippen LogP) is -1.02. The van der Waals surface area contributed by atoms with Crippen molar-refractivity contribution in [2.75, 3.05) is 12.3 Å². The SMILES string of the molecule is CCC(C)C(NC(=O)CN)C(=O)NC(CS)C(=O)O. The molecule has 0 heterocycles. The van der Waals surface area contributed by atoms with Gasteiger partial charge >= 0.3 is 5.97 Å². The van der Waals surface area contributed by atoms with E-state index in [0.29, 0.717) is 6.42 Å². The number of hydrogen-bond acceptors (Lipinski definition) is 5. The highest BCUT2D eigenvalue weighted by atomic mass is 32.1. The Morgan fingerprint density at radius 2 is 1.89 bits per heavy atom. The first kappa shape index (κ1) is 17.7. The molecule has 0 bridgehead atoms. The molecule has 8 heteroatoms. The normalized spacial score (nSPS) is 15.2. The maximum atomic E-state index is 12.0. The molecule has 0 aromatic carbocycles. The fraction of sp³-hybridized carbons (Fsp3) is 0.727. The first-order valence-corrected chi connectivity index (χ1v) is 6.64. The lowest BCUT2D eigenvalue weighted by Crippen LogP contribution is -2.55. The lowest BCUT2D eigenvalue weighted by molar-refractivity contribution is -0.141. The van der Waals surface area contributed by atoms with Crippen LogP contribution in [0.4, 0.5) is 0 Å². The molecule has 0 radical (unpaired) electrons. The minimum absolute atomic E-state index is 0.0286. The Morgan fingerprint density at radius 3 is 2.26 bits per heavy atom. The van der Waals surface area contributed by atoms with Gasteiger partial charge in [0, 0.05) is 5.75 Å². The Kier molecular flexibility index (Phi) is 8.17. The molecule has 0 aliphatic carbocycles. The fourth-order valence-corrected chi connectivity index (χ4v) is 1.63. The second kappa shape index (κ2) is 8.76. The monoisotopic (exact) mass is 291 g/mol. The smallest absolute Gasteiger partial charge is 0.327 e. The summed E-state index contributed by atoms with van der Waals surface area (Å²) in [5.41, 5.74) is 5.19. The Balaban J connectivity index is 4.80. The molecule has 0 aromatic rings. The molecule has 0 rings (SSSR count). The maximum Gasteiger partial charge on any atom is 0.327 e. The van der Waals surface area contributed by atoms with Crippen LogP contribution in [0.25, 0.3) is 0 Å². The van der Waals surface area contributed by atoms with Crippen molar-refractivity contribution < 1.29 is 19.5 Å². The summed E-state index contributed by atoms with van der Waals surface area (Å²) < 4.78 is 0. The van der Waals surface area contributed by atoms with Crippen molar-refractivity contribution in [3.05, 3.63) is 0 Å². The highest BCUT2D eigenvalue weighted by Gasteiger charge is 2.28. The average Bonchev–Trinajstić information content (AvgIpc) is 2.39. The quantitative estimate of drug-likeness (QED) is 0.366. The van der Waals surface area contributed by atoms with Crippen LogP contribution >= 0.6 is 12.6 Å². The second-order valence-corrected chi connectivity index (χ2v) is 4.58. The van der Waals surface area contributed by atoms with Crippen LogP contribution < -0.4 is 16.4 Å². The first-order chi connectivity index (χ1) is 8.87. The molecule has 5 N–H and O–H groups in total. The van der Waals surface area contributed by atoms with Crippen LogP contribution in [0.3, 0.4) is 0 Å². The summed E-state index contributed by atoms with van der Waals surface area (Å²) in [5, 5.41) is 13.7. The van der Waals surface area contributed by atoms with Gasteiger partial charge in [0.15, 0.2) is 0 Å². The molecule has 110 valence electrons. The van der Waals surface area contributed by atoms with Crippen molar-refractivity contribution in [2.24, 2.45) is 11.7 Å². The second-order valence-electron chi connectivity index (χ2n) is 4.22. The van der Waals surface area contributed by atoms with Crippen LogP contribution in [0.2, 0.25) is 0 Å². The summed E-state index contributed by atoms with van der Waals surface area (Å²) >= 11 is 3.86. The molecule has 0 aliphatic rings. The van der Waals surface area contributed by atoms with Gasteiger partial charge in [-0.2, -0.15) is 12.6 Å². The number of thiol groups is 1. The van der Waals surface area contributed by atoms with Gasteiger partial charge in [0.25, 0.3) is 0 Å². The number of carboxylic acids is 1. The summed E-state index contributed by atoms with van der Waals surface area (Å²) in [4.78, 5) is 34.1. The van der Waals surface area contributed by atoms with Gasteiger partial charge in [-0.3, -0.25) is 9.59 Å². The number of carbonyl (C=O) groups excluding carboxylic acids is 2. The number of nitrogens with two attached hydrogens (primary N) is 1. The van der Waals surface area contributed by atoms with Gasteiger partial charge in [0.2, 0.25) is 11.8 Å². The Morgan fingerprint density at radius 1 is 1.32 bits per heavy atom. The zero-order chi connectivity index (χ0) is 15.0. The summed E-state index contributed by atoms with van der Waals surface area (Å²) in [6.07, 6.45) is 0.654. The van der Waals surface area contributed by atoms with Crippen molar-refractivity contribution in [2.45, 2.75) is 32.4 Å². The van der Waals surface area contributed by atoms with E-state index in [1.165, 1.54) is 0 Å². The predicted molar refractivity (Wildman–Crippen MR) is 73.9 cm³/mol. The Bertz CT molecular complexity index is 338. The molecule has 0 saturated carbocycles. The molecule has 7 nitrogen and oxygen atoms in total. The zero-order valence-electron chi connectivity index (χ0n) is 11.0. The van der Waals surface area contributed by atoms with Gasteiger partial charge in [-0.25, -0.2) is 4.79 Å². The van der Waals surface area contributed by atoms with Crippen LogP contribution in [-0.2, 0) is 14.4 Å². The van der Waals surface area contributed by atoms with Crippen molar-refractivity contribution in [1.82, 2.24) is 10.6 Å². The molecule has 3 atom stereocenters. The summed E-state index contributed by atoms with van der Waals surface area (Å²) in [6, 6.07) is -1.89. The summed E-state index contributed by atoms with van der Waals surface area (Å²) in [5.74, 6) is -2.34. The van der Waals surface area contributed by atoms with E-state index in [-0.39, 0.29) is 18.2 Å². The lowest BCUT2D eigenvalue weighted by Gasteiger charge is -2.24. The van der Waals surface area contributed by atoms with E-state index in [0.717, 1.165) is 0 Å². The van der Waals surface area contributed by atoms with Gasteiger partial charge in [0.05, 0.1) is 6.54 Å². The van der Waals surface area contributed by atoms with Gasteiger partial charge in [0.1, 0.15) is 12.1 Å². The Labute approximate surface area is 117 Å². The van der Waals surface area contributed by atoms with Crippen LogP contribution in [0.5, 0.6) is 0 Å². The molecule has 0 fully saturated rings. The molecule has 0 aliphatic heterocycles. The van der Waals surface area contributed by atoms with Crippen LogP contribution in [0.15, 0.2) is 0 Å². The molecule has 0 saturated heterocycles. The van der Waals surface area contributed by atoms with E-state index >= 15 is 0 Å². The van der Waals surface area contributed by atoms with Crippen LogP contribution in [0, 0.1) is 5.92 Å². The highest BCUT2D eigenvalue weighted by Crippen LogP contribution is 2.08. The van der Waals surface area contributed by atoms with E-state index in [1.807, 2.05) is 6.92 Å². The molecule has 2 amide bonds. The van der Waals surface area contributed by atoms with E-state index in [4.69, 9.17) is 10.8 Å². The minimum atomic E-state index is -1.17.